The van der Waals surface area contributed by atoms with E-state index in [-0.39, 0.29) is 23.9 Å². The monoisotopic (exact) mass is 437 g/mol. The fourth-order valence-corrected chi connectivity index (χ4v) is 3.15. The Morgan fingerprint density at radius 2 is 2.06 bits per heavy atom. The van der Waals surface area contributed by atoms with Gasteiger partial charge >= 0.3 is 0 Å². The van der Waals surface area contributed by atoms with E-state index in [9.17, 15) is 14.0 Å². The summed E-state index contributed by atoms with van der Waals surface area (Å²) in [6, 6.07) is 10.4. The number of aromatic amines is 1. The highest BCUT2D eigenvalue weighted by Crippen LogP contribution is 2.24. The van der Waals surface area contributed by atoms with E-state index >= 15 is 0 Å². The molecule has 10 heteroatoms. The largest absolute Gasteiger partial charge is 0.484 e. The molecule has 32 heavy (non-hydrogen) atoms. The Labute approximate surface area is 181 Å². The maximum Gasteiger partial charge on any atom is 0.263 e. The number of hydrogen-bond acceptors (Lipinski definition) is 6. The number of amides is 1. The number of anilines is 1. The number of aromatic nitrogens is 4. The van der Waals surface area contributed by atoms with E-state index in [1.54, 1.807) is 25.1 Å². The van der Waals surface area contributed by atoms with Crippen molar-refractivity contribution in [3.05, 3.63) is 76.2 Å². The topological polar surface area (TPSA) is 115 Å². The van der Waals surface area contributed by atoms with Gasteiger partial charge < -0.3 is 14.5 Å². The zero-order valence-electron chi connectivity index (χ0n) is 17.4. The first-order valence-electron chi connectivity index (χ1n) is 9.87. The number of carbonyl (C=O) groups excluding carboxylic acids is 1. The predicted octanol–water partition coefficient (Wildman–Crippen LogP) is 3.24. The number of furan rings is 1. The van der Waals surface area contributed by atoms with Gasteiger partial charge in [-0.15, -0.1) is 0 Å². The molecule has 0 saturated carbocycles. The Morgan fingerprint density at radius 3 is 2.72 bits per heavy atom. The second kappa shape index (κ2) is 8.88. The first-order chi connectivity index (χ1) is 15.4. The first-order valence-corrected chi connectivity index (χ1v) is 9.87. The van der Waals surface area contributed by atoms with Crippen LogP contribution in [0.4, 0.5) is 10.2 Å². The summed E-state index contributed by atoms with van der Waals surface area (Å²) < 4.78 is 25.1. The van der Waals surface area contributed by atoms with E-state index in [1.807, 2.05) is 6.92 Å². The lowest BCUT2D eigenvalue weighted by Crippen LogP contribution is -2.24. The predicted molar refractivity (Wildman–Crippen MR) is 114 cm³/mol. The van der Waals surface area contributed by atoms with Gasteiger partial charge in [-0.25, -0.2) is 9.37 Å². The summed E-state index contributed by atoms with van der Waals surface area (Å²) in [5.41, 5.74) is 1.30. The van der Waals surface area contributed by atoms with E-state index in [2.05, 4.69) is 20.4 Å². The lowest BCUT2D eigenvalue weighted by atomic mass is 10.2. The van der Waals surface area contributed by atoms with Gasteiger partial charge in [0.25, 0.3) is 11.5 Å². The molecule has 0 aliphatic heterocycles. The minimum Gasteiger partial charge on any atom is -0.484 e. The van der Waals surface area contributed by atoms with Crippen molar-refractivity contribution in [1.82, 2.24) is 19.7 Å². The number of nitrogens with zero attached hydrogens (tertiary/aromatic N) is 3. The summed E-state index contributed by atoms with van der Waals surface area (Å²) in [6.07, 6.45) is 2.04. The van der Waals surface area contributed by atoms with Crippen LogP contribution in [0.2, 0.25) is 0 Å². The van der Waals surface area contributed by atoms with E-state index in [1.165, 1.54) is 35.2 Å². The van der Waals surface area contributed by atoms with Crippen LogP contribution >= 0.6 is 0 Å². The Bertz CT molecular complexity index is 1290. The van der Waals surface area contributed by atoms with Crippen LogP contribution in [-0.2, 0) is 11.2 Å². The van der Waals surface area contributed by atoms with Gasteiger partial charge in [-0.3, -0.25) is 14.6 Å². The lowest BCUT2D eigenvalue weighted by molar-refractivity contribution is -0.118. The van der Waals surface area contributed by atoms with Gasteiger partial charge in [-0.05, 0) is 49.7 Å². The van der Waals surface area contributed by atoms with Gasteiger partial charge in [0, 0.05) is 17.3 Å². The molecule has 164 valence electrons. The van der Waals surface area contributed by atoms with Crippen molar-refractivity contribution in [2.45, 2.75) is 20.3 Å². The molecule has 1 aromatic carbocycles. The zero-order chi connectivity index (χ0) is 22.7. The minimum absolute atomic E-state index is 0.150. The zero-order valence-corrected chi connectivity index (χ0v) is 17.4. The van der Waals surface area contributed by atoms with E-state index in [0.29, 0.717) is 34.9 Å². The van der Waals surface area contributed by atoms with Gasteiger partial charge in [0.1, 0.15) is 23.1 Å². The van der Waals surface area contributed by atoms with Crippen LogP contribution in [0.1, 0.15) is 18.2 Å². The average Bonchev–Trinajstić information content (AvgIpc) is 3.43. The fourth-order valence-electron chi connectivity index (χ4n) is 3.15. The summed E-state index contributed by atoms with van der Waals surface area (Å²) in [4.78, 5) is 32.1. The summed E-state index contributed by atoms with van der Waals surface area (Å²) in [5.74, 6) is 0.357. The van der Waals surface area contributed by atoms with E-state index in [4.69, 9.17) is 9.15 Å². The number of hydrogen-bond donors (Lipinski definition) is 2. The second-order valence-electron chi connectivity index (χ2n) is 6.90. The van der Waals surface area contributed by atoms with Crippen molar-refractivity contribution in [1.29, 1.82) is 0 Å². The quantitative estimate of drug-likeness (QED) is 0.459. The average molecular weight is 437 g/mol. The highest BCUT2D eigenvalue weighted by Gasteiger charge is 2.18. The maximum absolute atomic E-state index is 13.0. The van der Waals surface area contributed by atoms with Crippen LogP contribution in [0.3, 0.4) is 0 Å². The number of carbonyl (C=O) groups is 1. The molecule has 0 saturated heterocycles. The molecule has 0 fully saturated rings. The van der Waals surface area contributed by atoms with Crippen LogP contribution in [0.25, 0.3) is 17.4 Å². The minimum atomic E-state index is -0.481. The molecular weight excluding hydrogens is 417 g/mol. The van der Waals surface area contributed by atoms with Crippen molar-refractivity contribution in [2.75, 3.05) is 11.9 Å². The van der Waals surface area contributed by atoms with Crippen LogP contribution in [0.5, 0.6) is 5.75 Å². The third-order valence-electron chi connectivity index (χ3n) is 4.70. The number of rotatable bonds is 7. The van der Waals surface area contributed by atoms with Crippen LogP contribution in [0.15, 0.2) is 57.9 Å². The number of benzene rings is 1. The first kappa shape index (κ1) is 21.0. The Hall–Kier alpha value is -4.21. The molecule has 0 atom stereocenters. The number of halogens is 1. The molecule has 4 aromatic rings. The SMILES string of the molecule is CCc1c(C)nc(-n2nc(-c3ccco3)cc2NC(=O)COc2ccc(F)cc2)[nH]c1=O. The molecule has 0 aliphatic rings. The molecule has 4 rings (SSSR count). The smallest absolute Gasteiger partial charge is 0.263 e. The molecule has 3 aromatic heterocycles. The number of aryl methyl sites for hydroxylation is 1. The molecule has 3 heterocycles. The third-order valence-corrected chi connectivity index (χ3v) is 4.70. The van der Waals surface area contributed by atoms with Crippen molar-refractivity contribution >= 4 is 11.7 Å². The lowest BCUT2D eigenvalue weighted by Gasteiger charge is -2.10. The summed E-state index contributed by atoms with van der Waals surface area (Å²) >= 11 is 0. The molecule has 0 spiro atoms. The third kappa shape index (κ3) is 4.43. The molecule has 0 bridgehead atoms. The molecular formula is C22H20FN5O4. The van der Waals surface area contributed by atoms with Crippen molar-refractivity contribution in [2.24, 2.45) is 0 Å². The van der Waals surface area contributed by atoms with Gasteiger partial charge in [0.2, 0.25) is 5.95 Å². The van der Waals surface area contributed by atoms with Crippen LogP contribution in [0, 0.1) is 12.7 Å². The Balaban J connectivity index is 1.62. The fraction of sp³-hybridized carbons (Fsp3) is 0.182. The summed E-state index contributed by atoms with van der Waals surface area (Å²) in [5, 5.41) is 7.13. The summed E-state index contributed by atoms with van der Waals surface area (Å²) in [6.45, 7) is 3.29. The van der Waals surface area contributed by atoms with Gasteiger partial charge in [-0.1, -0.05) is 6.92 Å². The van der Waals surface area contributed by atoms with Crippen LogP contribution in [-0.4, -0.2) is 32.3 Å². The van der Waals surface area contributed by atoms with Crippen LogP contribution < -0.4 is 15.6 Å². The molecule has 9 nitrogen and oxygen atoms in total. The highest BCUT2D eigenvalue weighted by molar-refractivity contribution is 5.91. The number of ether oxygens (including phenoxy) is 1. The molecule has 1 amide bonds. The molecule has 0 aliphatic carbocycles. The summed E-state index contributed by atoms with van der Waals surface area (Å²) in [7, 11) is 0. The maximum atomic E-state index is 13.0. The molecule has 0 unspecified atom stereocenters. The number of nitrogens with one attached hydrogen (secondary N) is 2. The molecule has 0 radical (unpaired) electrons. The van der Waals surface area contributed by atoms with Crippen molar-refractivity contribution in [3.8, 4) is 23.2 Å². The van der Waals surface area contributed by atoms with E-state index in [0.717, 1.165) is 0 Å². The normalized spacial score (nSPS) is 10.8. The van der Waals surface area contributed by atoms with E-state index < -0.39 is 11.7 Å². The Kier molecular flexibility index (Phi) is 5.84. The Morgan fingerprint density at radius 1 is 1.28 bits per heavy atom. The van der Waals surface area contributed by atoms with Crippen molar-refractivity contribution in [3.63, 3.8) is 0 Å². The highest BCUT2D eigenvalue weighted by atomic mass is 19.1. The second-order valence-corrected chi connectivity index (χ2v) is 6.90. The molecule has 2 N–H and O–H groups in total. The van der Waals surface area contributed by atoms with Crippen molar-refractivity contribution < 1.29 is 18.3 Å². The van der Waals surface area contributed by atoms with Gasteiger partial charge in [0.15, 0.2) is 12.4 Å². The van der Waals surface area contributed by atoms with Gasteiger partial charge in [-0.2, -0.15) is 9.78 Å². The standard InChI is InChI=1S/C22H20FN5O4/c1-3-16-13(2)24-22(26-21(16)30)28-19(11-17(27-28)18-5-4-10-31-18)25-20(29)12-32-15-8-6-14(23)7-9-15/h4-11H,3,12H2,1-2H3,(H,25,29)(H,24,26,30). The van der Waals surface area contributed by atoms with Gasteiger partial charge in [0.05, 0.1) is 6.26 Å². The number of H-pyrrole nitrogens is 1.